The molecule has 1 aliphatic heterocycles. The fourth-order valence-corrected chi connectivity index (χ4v) is 2.48. The van der Waals surface area contributed by atoms with Crippen LogP contribution in [0.5, 0.6) is 0 Å². The van der Waals surface area contributed by atoms with Crippen LogP contribution in [0.25, 0.3) is 11.3 Å². The Kier molecular flexibility index (Phi) is 4.30. The zero-order valence-electron chi connectivity index (χ0n) is 12.6. The van der Waals surface area contributed by atoms with E-state index < -0.39 is 5.41 Å². The quantitative estimate of drug-likeness (QED) is 0.864. The van der Waals surface area contributed by atoms with E-state index >= 15 is 0 Å². The van der Waals surface area contributed by atoms with E-state index in [-0.39, 0.29) is 5.95 Å². The third kappa shape index (κ3) is 3.52. The van der Waals surface area contributed by atoms with Gasteiger partial charge in [-0.05, 0) is 25.0 Å². The highest BCUT2D eigenvalue weighted by molar-refractivity contribution is 5.62. The number of nitrogens with two attached hydrogens (primary N) is 1. The first-order chi connectivity index (χ1) is 11.2. The summed E-state index contributed by atoms with van der Waals surface area (Å²) in [7, 11) is 0. The lowest BCUT2D eigenvalue weighted by Crippen LogP contribution is -2.34. The Morgan fingerprint density at radius 3 is 2.96 bits per heavy atom. The first kappa shape index (κ1) is 15.1. The number of aromatic nitrogens is 4. The maximum absolute atomic E-state index is 9.47. The number of rotatable bonds is 4. The summed E-state index contributed by atoms with van der Waals surface area (Å²) in [6, 6.07) is 6.00. The smallest absolute Gasteiger partial charge is 0.220 e. The van der Waals surface area contributed by atoms with Gasteiger partial charge in [0.1, 0.15) is 5.82 Å². The molecule has 8 heteroatoms. The van der Waals surface area contributed by atoms with E-state index in [1.165, 1.54) is 0 Å². The van der Waals surface area contributed by atoms with E-state index in [0.29, 0.717) is 44.1 Å². The third-order valence-electron chi connectivity index (χ3n) is 3.92. The number of anilines is 2. The molecule has 1 aliphatic rings. The molecule has 1 fully saturated rings. The summed E-state index contributed by atoms with van der Waals surface area (Å²) in [5, 5.41) is 20.7. The van der Waals surface area contributed by atoms with Crippen LogP contribution >= 0.6 is 0 Å². The van der Waals surface area contributed by atoms with Gasteiger partial charge in [-0.15, -0.1) is 5.10 Å². The minimum absolute atomic E-state index is 0.208. The summed E-state index contributed by atoms with van der Waals surface area (Å²) in [6.45, 7) is 1.74. The van der Waals surface area contributed by atoms with Gasteiger partial charge in [-0.25, -0.2) is 9.97 Å². The lowest BCUT2D eigenvalue weighted by atomic mass is 9.82. The number of nitrogens with one attached hydrogen (secondary N) is 1. The second-order valence-electron chi connectivity index (χ2n) is 5.49. The first-order valence-corrected chi connectivity index (χ1v) is 7.35. The van der Waals surface area contributed by atoms with Gasteiger partial charge in [-0.1, -0.05) is 0 Å². The molecule has 0 saturated carbocycles. The first-order valence-electron chi connectivity index (χ1n) is 7.35. The maximum Gasteiger partial charge on any atom is 0.220 e. The Balaban J connectivity index is 1.74. The molecule has 1 saturated heterocycles. The highest BCUT2D eigenvalue weighted by Gasteiger charge is 2.32. The third-order valence-corrected chi connectivity index (χ3v) is 3.92. The molecule has 118 valence electrons. The van der Waals surface area contributed by atoms with Gasteiger partial charge in [0.25, 0.3) is 0 Å². The summed E-state index contributed by atoms with van der Waals surface area (Å²) >= 11 is 0. The summed E-state index contributed by atoms with van der Waals surface area (Å²) in [4.78, 5) is 8.04. The van der Waals surface area contributed by atoms with Crippen LogP contribution < -0.4 is 11.1 Å². The van der Waals surface area contributed by atoms with Gasteiger partial charge in [0, 0.05) is 31.5 Å². The van der Waals surface area contributed by atoms with E-state index in [1.54, 1.807) is 18.5 Å². The second kappa shape index (κ2) is 6.54. The molecule has 0 radical (unpaired) electrons. The lowest BCUT2D eigenvalue weighted by Gasteiger charge is -2.30. The van der Waals surface area contributed by atoms with Crippen molar-refractivity contribution in [1.29, 1.82) is 5.26 Å². The number of nitrogens with zero attached hydrogens (tertiary/aromatic N) is 5. The molecule has 3 heterocycles. The van der Waals surface area contributed by atoms with Gasteiger partial charge in [0.2, 0.25) is 5.95 Å². The highest BCUT2D eigenvalue weighted by atomic mass is 16.5. The van der Waals surface area contributed by atoms with Crippen LogP contribution in [-0.2, 0) is 4.74 Å². The summed E-state index contributed by atoms with van der Waals surface area (Å²) in [5.41, 5.74) is 6.65. The van der Waals surface area contributed by atoms with Gasteiger partial charge in [-0.2, -0.15) is 10.4 Å². The number of hydrogen-bond donors (Lipinski definition) is 2. The van der Waals surface area contributed by atoms with E-state index in [0.717, 1.165) is 5.56 Å². The van der Waals surface area contributed by atoms with Crippen LogP contribution in [0.2, 0.25) is 0 Å². The van der Waals surface area contributed by atoms with Gasteiger partial charge >= 0.3 is 0 Å². The fraction of sp³-hybridized carbons (Fsp3) is 0.400. The van der Waals surface area contributed by atoms with Crippen molar-refractivity contribution in [2.75, 3.05) is 30.8 Å². The zero-order valence-corrected chi connectivity index (χ0v) is 12.6. The van der Waals surface area contributed by atoms with Crippen LogP contribution in [0.3, 0.4) is 0 Å². The van der Waals surface area contributed by atoms with E-state index in [1.807, 2.05) is 6.07 Å². The predicted molar refractivity (Wildman–Crippen MR) is 84.1 cm³/mol. The van der Waals surface area contributed by atoms with Gasteiger partial charge in [0.05, 0.1) is 23.4 Å². The van der Waals surface area contributed by atoms with Crippen LogP contribution in [0.1, 0.15) is 12.8 Å². The Morgan fingerprint density at radius 1 is 1.39 bits per heavy atom. The average Bonchev–Trinajstić information content (AvgIpc) is 2.61. The van der Waals surface area contributed by atoms with Crippen LogP contribution in [-0.4, -0.2) is 39.9 Å². The van der Waals surface area contributed by atoms with Crippen molar-refractivity contribution in [3.8, 4) is 17.3 Å². The molecule has 2 aromatic heterocycles. The second-order valence-corrected chi connectivity index (χ2v) is 5.49. The molecule has 0 aromatic carbocycles. The van der Waals surface area contributed by atoms with Crippen molar-refractivity contribution in [1.82, 2.24) is 20.2 Å². The Hall–Kier alpha value is -2.79. The van der Waals surface area contributed by atoms with Crippen molar-refractivity contribution in [3.63, 3.8) is 0 Å². The Morgan fingerprint density at radius 2 is 2.22 bits per heavy atom. The Bertz CT molecular complexity index is 722. The highest BCUT2D eigenvalue weighted by Crippen LogP contribution is 2.30. The van der Waals surface area contributed by atoms with Crippen molar-refractivity contribution in [3.05, 3.63) is 24.5 Å². The molecule has 0 spiro atoms. The number of hydrogen-bond acceptors (Lipinski definition) is 8. The van der Waals surface area contributed by atoms with E-state index in [9.17, 15) is 5.26 Å². The monoisotopic (exact) mass is 311 g/mol. The molecule has 0 unspecified atom stereocenters. The van der Waals surface area contributed by atoms with Crippen molar-refractivity contribution in [2.24, 2.45) is 5.41 Å². The largest absolute Gasteiger partial charge is 0.381 e. The minimum atomic E-state index is -0.421. The van der Waals surface area contributed by atoms with Crippen LogP contribution in [0.15, 0.2) is 24.5 Å². The van der Waals surface area contributed by atoms with Crippen molar-refractivity contribution < 1.29 is 4.74 Å². The summed E-state index contributed by atoms with van der Waals surface area (Å²) < 4.78 is 5.33. The number of ether oxygens (including phenoxy) is 1. The molecule has 8 nitrogen and oxygen atoms in total. The predicted octanol–water partition coefficient (Wildman–Crippen LogP) is 1.25. The number of nitrogen functional groups attached to an aromatic ring is 1. The molecule has 3 N–H and O–H groups in total. The molecular formula is C15H17N7O. The van der Waals surface area contributed by atoms with Crippen molar-refractivity contribution in [2.45, 2.75) is 12.8 Å². The van der Waals surface area contributed by atoms with E-state index in [2.05, 4.69) is 31.6 Å². The summed E-state index contributed by atoms with van der Waals surface area (Å²) in [5.74, 6) is 0.806. The molecule has 3 rings (SSSR count). The molecule has 23 heavy (non-hydrogen) atoms. The maximum atomic E-state index is 9.47. The molecule has 0 aliphatic carbocycles. The van der Waals surface area contributed by atoms with Crippen molar-refractivity contribution >= 4 is 11.8 Å². The molecule has 0 bridgehead atoms. The van der Waals surface area contributed by atoms with Gasteiger partial charge in [0.15, 0.2) is 0 Å². The Labute approximate surface area is 133 Å². The normalized spacial score (nSPS) is 16.5. The number of nitriles is 1. The SMILES string of the molecule is N#CC1(CNc2cc(-c3ccnc(N)n3)cnn2)CCOCC1. The average molecular weight is 311 g/mol. The summed E-state index contributed by atoms with van der Waals surface area (Å²) in [6.07, 6.45) is 4.64. The molecule has 2 aromatic rings. The van der Waals surface area contributed by atoms with E-state index in [4.69, 9.17) is 10.5 Å². The minimum Gasteiger partial charge on any atom is -0.381 e. The topological polar surface area (TPSA) is 123 Å². The lowest BCUT2D eigenvalue weighted by molar-refractivity contribution is 0.0455. The van der Waals surface area contributed by atoms with Crippen LogP contribution in [0.4, 0.5) is 11.8 Å². The standard InChI is InChI=1S/C15H17N7O/c16-9-15(2-5-23-6-3-15)10-19-13-7-11(8-20-22-13)12-1-4-18-14(17)21-12/h1,4,7-8H,2-3,5-6,10H2,(H,19,22)(H2,17,18,21). The zero-order chi connectivity index (χ0) is 16.1. The van der Waals surface area contributed by atoms with Gasteiger partial charge < -0.3 is 15.8 Å². The van der Waals surface area contributed by atoms with Crippen LogP contribution in [0, 0.1) is 16.7 Å². The molecular weight excluding hydrogens is 294 g/mol. The fourth-order valence-electron chi connectivity index (χ4n) is 2.48. The molecule has 0 atom stereocenters. The van der Waals surface area contributed by atoms with Gasteiger partial charge in [-0.3, -0.25) is 0 Å². The molecule has 0 amide bonds.